The van der Waals surface area contributed by atoms with E-state index in [1.54, 1.807) is 6.92 Å². The fourth-order valence-corrected chi connectivity index (χ4v) is 1.67. The van der Waals surface area contributed by atoms with E-state index in [1.165, 1.54) is 0 Å². The van der Waals surface area contributed by atoms with Crippen LogP contribution in [0.15, 0.2) is 0 Å². The third-order valence-corrected chi connectivity index (χ3v) is 2.63. The Morgan fingerprint density at radius 2 is 1.82 bits per heavy atom. The van der Waals surface area contributed by atoms with Crippen molar-refractivity contribution in [2.45, 2.75) is 13.8 Å². The maximum Gasteiger partial charge on any atom is 0.212 e. The fourth-order valence-electron chi connectivity index (χ4n) is 0.675. The molecule has 0 bridgehead atoms. The Labute approximate surface area is 68.4 Å². The number of rotatable bonds is 6. The Morgan fingerprint density at radius 3 is 2.27 bits per heavy atom. The second kappa shape index (κ2) is 5.51. The smallest absolute Gasteiger partial charge is 0.212 e. The molecule has 0 saturated heterocycles. The molecular weight excluding hydrogens is 164 g/mol. The number of nitrogens with one attached hydrogen (secondary N) is 2. The average Bonchev–Trinajstić information content (AvgIpc) is 1.87. The summed E-state index contributed by atoms with van der Waals surface area (Å²) in [5.74, 6) is 0.161. The molecular formula is C6H16N2O2S. The molecule has 0 heterocycles. The molecule has 0 aromatic carbocycles. The van der Waals surface area contributed by atoms with Gasteiger partial charge in [0.25, 0.3) is 0 Å². The van der Waals surface area contributed by atoms with Gasteiger partial charge in [0.2, 0.25) is 10.0 Å². The molecule has 4 nitrogen and oxygen atoms in total. The Balaban J connectivity index is 3.56. The fraction of sp³-hybridized carbons (Fsp3) is 1.00. The summed E-state index contributed by atoms with van der Waals surface area (Å²) >= 11 is 0. The van der Waals surface area contributed by atoms with Crippen LogP contribution >= 0.6 is 0 Å². The Bertz CT molecular complexity index is 177. The Morgan fingerprint density at radius 1 is 1.18 bits per heavy atom. The van der Waals surface area contributed by atoms with Crippen LogP contribution in [0.3, 0.4) is 0 Å². The summed E-state index contributed by atoms with van der Waals surface area (Å²) in [5.41, 5.74) is 0. The highest BCUT2D eigenvalue weighted by Gasteiger charge is 2.05. The van der Waals surface area contributed by atoms with Crippen molar-refractivity contribution in [3.05, 3.63) is 0 Å². The molecule has 68 valence electrons. The van der Waals surface area contributed by atoms with Crippen LogP contribution in [0.25, 0.3) is 0 Å². The number of hydrogen-bond acceptors (Lipinski definition) is 3. The second-order valence-electron chi connectivity index (χ2n) is 2.17. The topological polar surface area (TPSA) is 58.2 Å². The van der Waals surface area contributed by atoms with Gasteiger partial charge in [0.1, 0.15) is 0 Å². The lowest BCUT2D eigenvalue weighted by Crippen LogP contribution is -2.31. The van der Waals surface area contributed by atoms with Gasteiger partial charge >= 0.3 is 0 Å². The molecule has 0 atom stereocenters. The minimum atomic E-state index is -3.02. The van der Waals surface area contributed by atoms with Crippen LogP contribution in [0.4, 0.5) is 0 Å². The van der Waals surface area contributed by atoms with E-state index in [-0.39, 0.29) is 5.75 Å². The molecule has 0 rings (SSSR count). The van der Waals surface area contributed by atoms with Gasteiger partial charge in [-0.3, -0.25) is 0 Å². The van der Waals surface area contributed by atoms with Crippen molar-refractivity contribution in [3.8, 4) is 0 Å². The van der Waals surface area contributed by atoms with Gasteiger partial charge < -0.3 is 5.32 Å². The molecule has 0 amide bonds. The largest absolute Gasteiger partial charge is 0.316 e. The van der Waals surface area contributed by atoms with Crippen LogP contribution < -0.4 is 10.0 Å². The second-order valence-corrected chi connectivity index (χ2v) is 4.10. The van der Waals surface area contributed by atoms with Crippen molar-refractivity contribution in [2.75, 3.05) is 25.4 Å². The van der Waals surface area contributed by atoms with E-state index in [0.717, 1.165) is 6.54 Å². The molecule has 0 aliphatic rings. The molecule has 0 unspecified atom stereocenters. The van der Waals surface area contributed by atoms with E-state index in [4.69, 9.17) is 0 Å². The Kier molecular flexibility index (Phi) is 5.45. The van der Waals surface area contributed by atoms with Crippen molar-refractivity contribution >= 4 is 10.0 Å². The van der Waals surface area contributed by atoms with E-state index in [0.29, 0.717) is 13.1 Å². The first-order valence-electron chi connectivity index (χ1n) is 3.80. The van der Waals surface area contributed by atoms with Gasteiger partial charge in [-0.25, -0.2) is 13.1 Å². The van der Waals surface area contributed by atoms with Crippen LogP contribution in [0, 0.1) is 0 Å². The molecule has 0 fully saturated rings. The highest BCUT2D eigenvalue weighted by molar-refractivity contribution is 7.89. The van der Waals surface area contributed by atoms with E-state index in [2.05, 4.69) is 10.0 Å². The third kappa shape index (κ3) is 6.28. The van der Waals surface area contributed by atoms with Crippen LogP contribution in [0.2, 0.25) is 0 Å². The molecule has 0 spiro atoms. The summed E-state index contributed by atoms with van der Waals surface area (Å²) in [7, 11) is -3.02. The van der Waals surface area contributed by atoms with Crippen molar-refractivity contribution in [1.29, 1.82) is 0 Å². The van der Waals surface area contributed by atoms with Crippen LogP contribution in [-0.4, -0.2) is 33.8 Å². The molecule has 5 heteroatoms. The zero-order chi connectivity index (χ0) is 8.74. The normalized spacial score (nSPS) is 11.8. The van der Waals surface area contributed by atoms with Crippen LogP contribution in [0.5, 0.6) is 0 Å². The summed E-state index contributed by atoms with van der Waals surface area (Å²) in [5, 5.41) is 2.94. The quantitative estimate of drug-likeness (QED) is 0.544. The van der Waals surface area contributed by atoms with Crippen molar-refractivity contribution in [1.82, 2.24) is 10.0 Å². The summed E-state index contributed by atoms with van der Waals surface area (Å²) < 4.78 is 24.3. The monoisotopic (exact) mass is 180 g/mol. The highest BCUT2D eigenvalue weighted by Crippen LogP contribution is 1.80. The predicted octanol–water partition coefficient (Wildman–Crippen LogP) is -0.465. The van der Waals surface area contributed by atoms with Gasteiger partial charge in [-0.2, -0.15) is 0 Å². The molecule has 0 aromatic heterocycles. The van der Waals surface area contributed by atoms with Crippen molar-refractivity contribution in [3.63, 3.8) is 0 Å². The first-order valence-corrected chi connectivity index (χ1v) is 5.45. The minimum absolute atomic E-state index is 0.161. The van der Waals surface area contributed by atoms with Crippen LogP contribution in [0.1, 0.15) is 13.8 Å². The molecule has 11 heavy (non-hydrogen) atoms. The molecule has 2 N–H and O–H groups in total. The standard InChI is InChI=1S/C6H16N2O2S/c1-3-7-5-6-11(9,10)8-4-2/h7-8H,3-6H2,1-2H3. The highest BCUT2D eigenvalue weighted by atomic mass is 32.2. The summed E-state index contributed by atoms with van der Waals surface area (Å²) in [6.07, 6.45) is 0. The van der Waals surface area contributed by atoms with E-state index < -0.39 is 10.0 Å². The lowest BCUT2D eigenvalue weighted by atomic mass is 10.7. The van der Waals surface area contributed by atoms with Gasteiger partial charge in [0, 0.05) is 13.1 Å². The zero-order valence-corrected chi connectivity index (χ0v) is 7.87. The predicted molar refractivity (Wildman–Crippen MR) is 46.0 cm³/mol. The molecule has 0 radical (unpaired) electrons. The first kappa shape index (κ1) is 10.9. The molecule has 0 aliphatic heterocycles. The summed E-state index contributed by atoms with van der Waals surface area (Å²) in [4.78, 5) is 0. The first-order chi connectivity index (χ1) is 5.12. The SMILES string of the molecule is CCNCCS(=O)(=O)NCC. The number of sulfonamides is 1. The summed E-state index contributed by atoms with van der Waals surface area (Å²) in [6.45, 7) is 5.51. The molecule has 0 aromatic rings. The maximum absolute atomic E-state index is 11.0. The van der Waals surface area contributed by atoms with Crippen molar-refractivity contribution in [2.24, 2.45) is 0 Å². The van der Waals surface area contributed by atoms with E-state index in [1.807, 2.05) is 6.92 Å². The third-order valence-electron chi connectivity index (χ3n) is 1.16. The lowest BCUT2D eigenvalue weighted by Gasteiger charge is -2.03. The molecule has 0 aliphatic carbocycles. The molecule has 0 saturated carbocycles. The number of hydrogen-bond donors (Lipinski definition) is 2. The van der Waals surface area contributed by atoms with Gasteiger partial charge in [0.05, 0.1) is 5.75 Å². The van der Waals surface area contributed by atoms with E-state index >= 15 is 0 Å². The summed E-state index contributed by atoms with van der Waals surface area (Å²) in [6, 6.07) is 0. The van der Waals surface area contributed by atoms with E-state index in [9.17, 15) is 8.42 Å². The van der Waals surface area contributed by atoms with Crippen molar-refractivity contribution < 1.29 is 8.42 Å². The van der Waals surface area contributed by atoms with Gasteiger partial charge in [-0.1, -0.05) is 13.8 Å². The van der Waals surface area contributed by atoms with Gasteiger partial charge in [-0.15, -0.1) is 0 Å². The lowest BCUT2D eigenvalue weighted by molar-refractivity contribution is 0.580. The average molecular weight is 180 g/mol. The maximum atomic E-state index is 11.0. The minimum Gasteiger partial charge on any atom is -0.316 e. The zero-order valence-electron chi connectivity index (χ0n) is 7.05. The Hall–Kier alpha value is -0.130. The van der Waals surface area contributed by atoms with Crippen LogP contribution in [-0.2, 0) is 10.0 Å². The van der Waals surface area contributed by atoms with Gasteiger partial charge in [0.15, 0.2) is 0 Å². The van der Waals surface area contributed by atoms with Gasteiger partial charge in [-0.05, 0) is 6.54 Å².